The molecular weight excluding hydrogens is 296 g/mol. The van der Waals surface area contributed by atoms with Crippen LogP contribution in [0.3, 0.4) is 0 Å². The Hall–Kier alpha value is -2.86. The molecule has 3 aromatic rings. The number of aromatic nitrogens is 1. The van der Waals surface area contributed by atoms with Crippen molar-refractivity contribution in [3.63, 3.8) is 0 Å². The molecule has 0 saturated heterocycles. The highest BCUT2D eigenvalue weighted by molar-refractivity contribution is 5.91. The van der Waals surface area contributed by atoms with Crippen molar-refractivity contribution < 1.29 is 18.8 Å². The number of rotatable bonds is 5. The van der Waals surface area contributed by atoms with Gasteiger partial charge in [-0.05, 0) is 12.1 Å². The predicted octanol–water partition coefficient (Wildman–Crippen LogP) is 2.70. The molecule has 2 aromatic heterocycles. The number of aliphatic hydroxyl groups is 1. The molecule has 2 heterocycles. The molecule has 0 aliphatic carbocycles. The SMILES string of the molecule is CN(Cc1cc(-c2ccccc2)no1)C(=O)c1ccc(CO)o1. The van der Waals surface area contributed by atoms with Crippen molar-refractivity contribution in [2.75, 3.05) is 7.05 Å². The summed E-state index contributed by atoms with van der Waals surface area (Å²) in [4.78, 5) is 13.7. The normalized spacial score (nSPS) is 10.7. The van der Waals surface area contributed by atoms with Crippen molar-refractivity contribution >= 4 is 5.91 Å². The molecule has 0 unspecified atom stereocenters. The zero-order valence-corrected chi connectivity index (χ0v) is 12.6. The third-order valence-electron chi connectivity index (χ3n) is 3.40. The van der Waals surface area contributed by atoms with E-state index in [2.05, 4.69) is 5.16 Å². The van der Waals surface area contributed by atoms with E-state index in [1.54, 1.807) is 25.2 Å². The van der Waals surface area contributed by atoms with Gasteiger partial charge in [0.15, 0.2) is 11.5 Å². The first-order valence-electron chi connectivity index (χ1n) is 7.13. The Morgan fingerprint density at radius 1 is 1.17 bits per heavy atom. The molecule has 6 heteroatoms. The van der Waals surface area contributed by atoms with E-state index in [1.807, 2.05) is 30.3 Å². The fourth-order valence-corrected chi connectivity index (χ4v) is 2.20. The molecule has 0 aliphatic rings. The van der Waals surface area contributed by atoms with Gasteiger partial charge in [-0.15, -0.1) is 0 Å². The Balaban J connectivity index is 1.69. The molecule has 6 nitrogen and oxygen atoms in total. The molecule has 0 radical (unpaired) electrons. The number of furan rings is 1. The van der Waals surface area contributed by atoms with Gasteiger partial charge in [-0.3, -0.25) is 4.79 Å². The van der Waals surface area contributed by atoms with Crippen LogP contribution in [-0.4, -0.2) is 28.1 Å². The first-order valence-corrected chi connectivity index (χ1v) is 7.13. The lowest BCUT2D eigenvalue weighted by molar-refractivity contribution is 0.0736. The van der Waals surface area contributed by atoms with Crippen LogP contribution in [0.4, 0.5) is 0 Å². The summed E-state index contributed by atoms with van der Waals surface area (Å²) >= 11 is 0. The van der Waals surface area contributed by atoms with E-state index in [1.165, 1.54) is 4.90 Å². The molecular formula is C17H16N2O4. The third kappa shape index (κ3) is 3.32. The lowest BCUT2D eigenvalue weighted by atomic mass is 10.1. The largest absolute Gasteiger partial charge is 0.453 e. The second-order valence-electron chi connectivity index (χ2n) is 5.13. The Kier molecular flexibility index (Phi) is 4.25. The number of hydrogen-bond acceptors (Lipinski definition) is 5. The van der Waals surface area contributed by atoms with Crippen LogP contribution in [0, 0.1) is 0 Å². The van der Waals surface area contributed by atoms with Crippen LogP contribution in [0.25, 0.3) is 11.3 Å². The van der Waals surface area contributed by atoms with Crippen LogP contribution in [0.1, 0.15) is 22.1 Å². The molecule has 0 saturated carbocycles. The molecule has 0 atom stereocenters. The predicted molar refractivity (Wildman–Crippen MR) is 82.4 cm³/mol. The summed E-state index contributed by atoms with van der Waals surface area (Å²) in [7, 11) is 1.65. The number of carbonyl (C=O) groups excluding carboxylic acids is 1. The second kappa shape index (κ2) is 6.50. The van der Waals surface area contributed by atoms with Gasteiger partial charge in [-0.2, -0.15) is 0 Å². The number of amides is 1. The molecule has 23 heavy (non-hydrogen) atoms. The van der Waals surface area contributed by atoms with E-state index in [4.69, 9.17) is 14.0 Å². The van der Waals surface area contributed by atoms with Crippen LogP contribution < -0.4 is 0 Å². The zero-order chi connectivity index (χ0) is 16.2. The van der Waals surface area contributed by atoms with E-state index in [-0.39, 0.29) is 24.8 Å². The van der Waals surface area contributed by atoms with Gasteiger partial charge in [0.05, 0.1) is 6.54 Å². The molecule has 1 amide bonds. The van der Waals surface area contributed by atoms with Gasteiger partial charge < -0.3 is 18.9 Å². The van der Waals surface area contributed by atoms with Crippen molar-refractivity contribution in [2.24, 2.45) is 0 Å². The molecule has 0 spiro atoms. The van der Waals surface area contributed by atoms with Crippen molar-refractivity contribution in [3.05, 3.63) is 65.8 Å². The quantitative estimate of drug-likeness (QED) is 0.783. The van der Waals surface area contributed by atoms with Crippen molar-refractivity contribution in [3.8, 4) is 11.3 Å². The first-order chi connectivity index (χ1) is 11.2. The van der Waals surface area contributed by atoms with Gasteiger partial charge in [0.25, 0.3) is 5.91 Å². The summed E-state index contributed by atoms with van der Waals surface area (Å²) in [5.74, 6) is 0.822. The zero-order valence-electron chi connectivity index (χ0n) is 12.6. The van der Waals surface area contributed by atoms with Crippen LogP contribution in [0.5, 0.6) is 0 Å². The highest BCUT2D eigenvalue weighted by atomic mass is 16.5. The van der Waals surface area contributed by atoms with Crippen molar-refractivity contribution in [2.45, 2.75) is 13.2 Å². The number of carbonyl (C=O) groups is 1. The molecule has 118 valence electrons. The molecule has 3 rings (SSSR count). The minimum absolute atomic E-state index is 0.180. The Morgan fingerprint density at radius 2 is 1.96 bits per heavy atom. The average Bonchev–Trinajstić information content (AvgIpc) is 3.24. The molecule has 0 fully saturated rings. The van der Waals surface area contributed by atoms with Gasteiger partial charge in [0.1, 0.15) is 18.1 Å². The number of aliphatic hydroxyl groups excluding tert-OH is 1. The highest BCUT2D eigenvalue weighted by Crippen LogP contribution is 2.20. The number of benzene rings is 1. The Labute approximate surface area is 132 Å². The summed E-state index contributed by atoms with van der Waals surface area (Å²) in [6.45, 7) is 0.0351. The molecule has 1 N–H and O–H groups in total. The maximum absolute atomic E-state index is 12.2. The summed E-state index contributed by atoms with van der Waals surface area (Å²) in [6, 6.07) is 14.6. The maximum Gasteiger partial charge on any atom is 0.289 e. The van der Waals surface area contributed by atoms with E-state index in [0.717, 1.165) is 11.3 Å². The summed E-state index contributed by atoms with van der Waals surface area (Å²) < 4.78 is 10.5. The second-order valence-corrected chi connectivity index (χ2v) is 5.13. The van der Waals surface area contributed by atoms with Gasteiger partial charge in [-0.25, -0.2) is 0 Å². The van der Waals surface area contributed by atoms with E-state index in [0.29, 0.717) is 11.5 Å². The van der Waals surface area contributed by atoms with E-state index >= 15 is 0 Å². The molecule has 1 aromatic carbocycles. The molecule has 0 bridgehead atoms. The maximum atomic E-state index is 12.2. The lowest BCUT2D eigenvalue weighted by Crippen LogP contribution is -2.25. The highest BCUT2D eigenvalue weighted by Gasteiger charge is 2.18. The number of hydrogen-bond donors (Lipinski definition) is 1. The van der Waals surface area contributed by atoms with Crippen molar-refractivity contribution in [1.29, 1.82) is 0 Å². The van der Waals surface area contributed by atoms with Crippen LogP contribution in [-0.2, 0) is 13.2 Å². The Morgan fingerprint density at radius 3 is 2.65 bits per heavy atom. The minimum atomic E-state index is -0.289. The summed E-state index contributed by atoms with van der Waals surface area (Å²) in [5.41, 5.74) is 1.68. The summed E-state index contributed by atoms with van der Waals surface area (Å²) in [5, 5.41) is 13.0. The average molecular weight is 312 g/mol. The van der Waals surface area contributed by atoms with Gasteiger partial charge in [0, 0.05) is 18.7 Å². The summed E-state index contributed by atoms with van der Waals surface area (Å²) in [6.07, 6.45) is 0. The molecule has 0 aliphatic heterocycles. The minimum Gasteiger partial charge on any atom is -0.453 e. The van der Waals surface area contributed by atoms with Crippen LogP contribution >= 0.6 is 0 Å². The smallest absolute Gasteiger partial charge is 0.289 e. The first kappa shape index (κ1) is 15.1. The third-order valence-corrected chi connectivity index (χ3v) is 3.40. The standard InChI is InChI=1S/C17H16N2O4/c1-19(17(21)16-8-7-13(11-20)22-16)10-14-9-15(18-23-14)12-5-3-2-4-6-12/h2-9,20H,10-11H2,1H3. The van der Waals surface area contributed by atoms with Gasteiger partial charge >= 0.3 is 0 Å². The number of nitrogens with zero attached hydrogens (tertiary/aromatic N) is 2. The van der Waals surface area contributed by atoms with Gasteiger partial charge in [0.2, 0.25) is 0 Å². The lowest BCUT2D eigenvalue weighted by Gasteiger charge is -2.13. The fraction of sp³-hybridized carbons (Fsp3) is 0.176. The van der Waals surface area contributed by atoms with Crippen LogP contribution in [0.2, 0.25) is 0 Å². The Bertz CT molecular complexity index is 792. The van der Waals surface area contributed by atoms with Gasteiger partial charge in [-0.1, -0.05) is 35.5 Å². The fourth-order valence-electron chi connectivity index (χ4n) is 2.20. The topological polar surface area (TPSA) is 79.7 Å². The van der Waals surface area contributed by atoms with Crippen molar-refractivity contribution in [1.82, 2.24) is 10.1 Å². The monoisotopic (exact) mass is 312 g/mol. The van der Waals surface area contributed by atoms with E-state index in [9.17, 15) is 4.79 Å². The van der Waals surface area contributed by atoms with Crippen LogP contribution in [0.15, 0.2) is 57.5 Å². The van der Waals surface area contributed by atoms with E-state index < -0.39 is 0 Å².